The van der Waals surface area contributed by atoms with Crippen LogP contribution in [-0.2, 0) is 19.4 Å². The molecule has 110 valence electrons. The molecule has 21 heavy (non-hydrogen) atoms. The Hall–Kier alpha value is -1.17. The van der Waals surface area contributed by atoms with E-state index in [-0.39, 0.29) is 5.02 Å². The van der Waals surface area contributed by atoms with Crippen molar-refractivity contribution in [2.45, 2.75) is 19.4 Å². The number of nitrogens with zero attached hydrogens (tertiary/aromatic N) is 3. The molecule has 0 aliphatic carbocycles. The quantitative estimate of drug-likeness (QED) is 0.646. The summed E-state index contributed by atoms with van der Waals surface area (Å²) >= 11 is 13.3. The smallest absolute Gasteiger partial charge is 0.144 e. The molecule has 0 aliphatic heterocycles. The fraction of sp³-hybridized carbons (Fsp3) is 0.286. The third-order valence-electron chi connectivity index (χ3n) is 3.26. The molecular weight excluding hydrogens is 332 g/mol. The van der Waals surface area contributed by atoms with Crippen molar-refractivity contribution in [1.82, 2.24) is 14.5 Å². The zero-order valence-corrected chi connectivity index (χ0v) is 13.3. The van der Waals surface area contributed by atoms with Gasteiger partial charge < -0.3 is 4.57 Å². The maximum atomic E-state index is 13.6. The highest BCUT2D eigenvalue weighted by Crippen LogP contribution is 2.24. The molecule has 0 N–H and O–H groups in total. The fourth-order valence-corrected chi connectivity index (χ4v) is 3.20. The van der Waals surface area contributed by atoms with Crippen LogP contribution in [0.15, 0.2) is 23.0 Å². The van der Waals surface area contributed by atoms with Gasteiger partial charge in [-0.3, -0.25) is 0 Å². The zero-order valence-electron chi connectivity index (χ0n) is 11.0. The van der Waals surface area contributed by atoms with Crippen LogP contribution in [0.5, 0.6) is 0 Å². The molecule has 2 heterocycles. The van der Waals surface area contributed by atoms with Gasteiger partial charge in [-0.15, -0.1) is 22.9 Å². The van der Waals surface area contributed by atoms with Crippen molar-refractivity contribution < 1.29 is 4.39 Å². The van der Waals surface area contributed by atoms with Gasteiger partial charge in [-0.1, -0.05) is 11.6 Å². The van der Waals surface area contributed by atoms with Crippen LogP contribution in [-0.4, -0.2) is 20.4 Å². The van der Waals surface area contributed by atoms with Crippen molar-refractivity contribution >= 4 is 45.6 Å². The van der Waals surface area contributed by atoms with E-state index >= 15 is 0 Å². The number of imidazole rings is 1. The Bertz CT molecular complexity index is 755. The number of hydrogen-bond donors (Lipinski definition) is 0. The first-order chi connectivity index (χ1) is 10.2. The van der Waals surface area contributed by atoms with Gasteiger partial charge in [0.25, 0.3) is 0 Å². The molecule has 0 saturated carbocycles. The summed E-state index contributed by atoms with van der Waals surface area (Å²) in [5, 5.41) is 2.13. The van der Waals surface area contributed by atoms with Crippen LogP contribution >= 0.6 is 34.5 Å². The van der Waals surface area contributed by atoms with E-state index < -0.39 is 5.82 Å². The Morgan fingerprint density at radius 2 is 2.14 bits per heavy atom. The van der Waals surface area contributed by atoms with E-state index in [2.05, 4.69) is 9.97 Å². The first kappa shape index (κ1) is 14.8. The van der Waals surface area contributed by atoms with Gasteiger partial charge in [0, 0.05) is 36.7 Å². The van der Waals surface area contributed by atoms with Gasteiger partial charge in [-0.05, 0) is 6.07 Å². The highest BCUT2D eigenvalue weighted by Gasteiger charge is 2.13. The molecule has 0 amide bonds. The molecule has 3 rings (SSSR count). The van der Waals surface area contributed by atoms with Crippen molar-refractivity contribution in [2.75, 3.05) is 5.88 Å². The highest BCUT2D eigenvalue weighted by atomic mass is 35.5. The number of hydrogen-bond acceptors (Lipinski definition) is 3. The molecule has 3 aromatic rings. The SMILES string of the molecule is Fc1cc2nc(CCCl)n(CCc3cscn3)c2cc1Cl. The summed E-state index contributed by atoms with van der Waals surface area (Å²) in [5.41, 5.74) is 4.28. The number of halogens is 3. The second kappa shape index (κ2) is 6.30. The maximum absolute atomic E-state index is 13.6. The first-order valence-electron chi connectivity index (χ1n) is 6.46. The summed E-state index contributed by atoms with van der Waals surface area (Å²) in [6.07, 6.45) is 1.42. The van der Waals surface area contributed by atoms with Crippen molar-refractivity contribution in [1.29, 1.82) is 0 Å². The molecule has 3 nitrogen and oxygen atoms in total. The lowest BCUT2D eigenvalue weighted by atomic mass is 10.3. The summed E-state index contributed by atoms with van der Waals surface area (Å²) in [5.74, 6) is 0.860. The van der Waals surface area contributed by atoms with Gasteiger partial charge in [0.05, 0.1) is 27.3 Å². The number of benzene rings is 1. The molecule has 2 aromatic heterocycles. The van der Waals surface area contributed by atoms with Crippen LogP contribution < -0.4 is 0 Å². The van der Waals surface area contributed by atoms with E-state index in [4.69, 9.17) is 23.2 Å². The van der Waals surface area contributed by atoms with Gasteiger partial charge in [0.2, 0.25) is 0 Å². The molecular formula is C14H12Cl2FN3S. The van der Waals surface area contributed by atoms with Gasteiger partial charge in [0.15, 0.2) is 0 Å². The molecule has 0 spiro atoms. The molecule has 7 heteroatoms. The monoisotopic (exact) mass is 343 g/mol. The predicted octanol–water partition coefficient (Wildman–Crippen LogP) is 4.31. The molecule has 1 aromatic carbocycles. The minimum Gasteiger partial charge on any atom is -0.328 e. The van der Waals surface area contributed by atoms with E-state index in [1.165, 1.54) is 6.07 Å². The number of rotatable bonds is 5. The van der Waals surface area contributed by atoms with Crippen LogP contribution in [0.3, 0.4) is 0 Å². The standard InChI is InChI=1S/C14H12Cl2FN3S/c15-3-1-14-19-12-6-11(17)10(16)5-13(12)20(14)4-2-9-7-21-8-18-9/h5-8H,1-4H2. The van der Waals surface area contributed by atoms with E-state index in [0.717, 1.165) is 23.5 Å². The second-order valence-corrected chi connectivity index (χ2v) is 6.11. The van der Waals surface area contributed by atoms with Gasteiger partial charge in [-0.25, -0.2) is 14.4 Å². The Morgan fingerprint density at radius 3 is 2.86 bits per heavy atom. The minimum atomic E-state index is -0.453. The molecule has 0 saturated heterocycles. The molecule has 0 unspecified atom stereocenters. The van der Waals surface area contributed by atoms with Crippen LogP contribution in [0.4, 0.5) is 4.39 Å². The topological polar surface area (TPSA) is 30.7 Å². The molecule has 0 atom stereocenters. The average Bonchev–Trinajstić information content (AvgIpc) is 3.06. The van der Waals surface area contributed by atoms with Crippen molar-refractivity contribution in [3.63, 3.8) is 0 Å². The van der Waals surface area contributed by atoms with Gasteiger partial charge in [-0.2, -0.15) is 0 Å². The highest BCUT2D eigenvalue weighted by molar-refractivity contribution is 7.07. The normalized spacial score (nSPS) is 11.4. The van der Waals surface area contributed by atoms with Crippen LogP contribution in [0, 0.1) is 5.82 Å². The summed E-state index contributed by atoms with van der Waals surface area (Å²) in [4.78, 5) is 8.74. The summed E-state index contributed by atoms with van der Waals surface area (Å²) in [7, 11) is 0. The number of fused-ring (bicyclic) bond motifs is 1. The molecule has 0 radical (unpaired) electrons. The van der Waals surface area contributed by atoms with E-state index in [1.807, 2.05) is 15.5 Å². The van der Waals surface area contributed by atoms with Crippen LogP contribution in [0.1, 0.15) is 11.5 Å². The zero-order chi connectivity index (χ0) is 14.8. The number of aromatic nitrogens is 3. The van der Waals surface area contributed by atoms with E-state index in [0.29, 0.717) is 24.4 Å². The van der Waals surface area contributed by atoms with Crippen LogP contribution in [0.2, 0.25) is 5.02 Å². The molecule has 0 aliphatic rings. The third kappa shape index (κ3) is 3.05. The van der Waals surface area contributed by atoms with Gasteiger partial charge >= 0.3 is 0 Å². The Balaban J connectivity index is 2.00. The Kier molecular flexibility index (Phi) is 4.42. The van der Waals surface area contributed by atoms with Gasteiger partial charge in [0.1, 0.15) is 11.6 Å². The van der Waals surface area contributed by atoms with Crippen LogP contribution in [0.25, 0.3) is 11.0 Å². The Labute approximate surface area is 135 Å². The molecule has 0 bridgehead atoms. The lowest BCUT2D eigenvalue weighted by molar-refractivity contribution is 0.629. The lowest BCUT2D eigenvalue weighted by Crippen LogP contribution is -2.07. The van der Waals surface area contributed by atoms with Crippen molar-refractivity contribution in [2.24, 2.45) is 0 Å². The second-order valence-electron chi connectivity index (χ2n) is 4.60. The first-order valence-corrected chi connectivity index (χ1v) is 8.31. The summed E-state index contributed by atoms with van der Waals surface area (Å²) in [6, 6.07) is 2.99. The van der Waals surface area contributed by atoms with Crippen molar-refractivity contribution in [3.8, 4) is 0 Å². The fourth-order valence-electron chi connectivity index (χ4n) is 2.28. The lowest BCUT2D eigenvalue weighted by Gasteiger charge is -2.07. The Morgan fingerprint density at radius 1 is 1.29 bits per heavy atom. The number of thiazole rings is 1. The number of alkyl halides is 1. The minimum absolute atomic E-state index is 0.106. The van der Waals surface area contributed by atoms with E-state index in [1.54, 1.807) is 17.4 Å². The predicted molar refractivity (Wildman–Crippen MR) is 84.9 cm³/mol. The average molecular weight is 344 g/mol. The molecule has 0 fully saturated rings. The summed E-state index contributed by atoms with van der Waals surface area (Å²) < 4.78 is 15.6. The largest absolute Gasteiger partial charge is 0.328 e. The third-order valence-corrected chi connectivity index (χ3v) is 4.38. The summed E-state index contributed by atoms with van der Waals surface area (Å²) in [6.45, 7) is 0.717. The maximum Gasteiger partial charge on any atom is 0.144 e. The van der Waals surface area contributed by atoms with Crippen molar-refractivity contribution in [3.05, 3.63) is 45.4 Å². The van der Waals surface area contributed by atoms with E-state index in [9.17, 15) is 4.39 Å². The number of aryl methyl sites for hydroxylation is 3.